The molecule has 122 valence electrons. The van der Waals surface area contributed by atoms with E-state index in [9.17, 15) is 4.79 Å². The van der Waals surface area contributed by atoms with Crippen LogP contribution in [0.5, 0.6) is 0 Å². The molecule has 3 aromatic rings. The lowest BCUT2D eigenvalue weighted by molar-refractivity contribution is 0.0959. The van der Waals surface area contributed by atoms with Gasteiger partial charge in [0.2, 0.25) is 0 Å². The van der Waals surface area contributed by atoms with Gasteiger partial charge in [-0.05, 0) is 56.0 Å². The molecule has 0 fully saturated rings. The van der Waals surface area contributed by atoms with Gasteiger partial charge >= 0.3 is 0 Å². The van der Waals surface area contributed by atoms with E-state index in [0.717, 1.165) is 22.6 Å². The third-order valence-electron chi connectivity index (χ3n) is 3.84. The first-order chi connectivity index (χ1) is 11.6. The minimum atomic E-state index is -0.186. The van der Waals surface area contributed by atoms with Gasteiger partial charge in [0.15, 0.2) is 0 Å². The van der Waals surface area contributed by atoms with Crippen LogP contribution in [0.2, 0.25) is 0 Å². The Balaban J connectivity index is 1.81. The summed E-state index contributed by atoms with van der Waals surface area (Å²) in [5.41, 5.74) is 8.13. The van der Waals surface area contributed by atoms with Crippen molar-refractivity contribution in [1.29, 1.82) is 0 Å². The summed E-state index contributed by atoms with van der Waals surface area (Å²) in [6, 6.07) is 14.1. The predicted molar refractivity (Wildman–Crippen MR) is 99.4 cm³/mol. The maximum absolute atomic E-state index is 11.9. The Morgan fingerprint density at radius 3 is 2.71 bits per heavy atom. The van der Waals surface area contributed by atoms with E-state index in [1.165, 1.54) is 16.9 Å². The third-order valence-corrected chi connectivity index (χ3v) is 4.71. The molecule has 0 atom stereocenters. The number of amides is 1. The smallest absolute Gasteiger partial charge is 0.281 e. The highest BCUT2D eigenvalue weighted by Crippen LogP contribution is 2.20. The second-order valence-corrected chi connectivity index (χ2v) is 6.63. The van der Waals surface area contributed by atoms with Gasteiger partial charge in [-0.25, -0.2) is 5.43 Å². The van der Waals surface area contributed by atoms with Crippen LogP contribution in [0.25, 0.3) is 5.69 Å². The van der Waals surface area contributed by atoms with Gasteiger partial charge in [0, 0.05) is 22.6 Å². The number of nitrogens with one attached hydrogen (secondary N) is 1. The van der Waals surface area contributed by atoms with Crippen molar-refractivity contribution < 1.29 is 4.79 Å². The summed E-state index contributed by atoms with van der Waals surface area (Å²) < 4.78 is 2.19. The number of aryl methyl sites for hydroxylation is 2. The molecule has 0 aliphatic rings. The number of nitrogens with zero attached hydrogens (tertiary/aromatic N) is 2. The topological polar surface area (TPSA) is 46.4 Å². The molecule has 24 heavy (non-hydrogen) atoms. The average Bonchev–Trinajstić information content (AvgIpc) is 3.16. The largest absolute Gasteiger partial charge is 0.318 e. The highest BCUT2D eigenvalue weighted by atomic mass is 32.1. The first-order valence-electron chi connectivity index (χ1n) is 7.69. The second-order valence-electron chi connectivity index (χ2n) is 5.68. The number of benzene rings is 1. The lowest BCUT2D eigenvalue weighted by Gasteiger charge is -2.10. The van der Waals surface area contributed by atoms with Crippen molar-refractivity contribution in [3.05, 3.63) is 75.2 Å². The molecular formula is C19H19N3OS. The molecule has 2 aromatic heterocycles. The molecular weight excluding hydrogens is 318 g/mol. The van der Waals surface area contributed by atoms with Gasteiger partial charge in [-0.3, -0.25) is 4.79 Å². The summed E-state index contributed by atoms with van der Waals surface area (Å²) in [6.45, 7) is 6.20. The summed E-state index contributed by atoms with van der Waals surface area (Å²) in [5.74, 6) is -0.186. The van der Waals surface area contributed by atoms with Crippen molar-refractivity contribution in [2.75, 3.05) is 0 Å². The van der Waals surface area contributed by atoms with Crippen LogP contribution in [-0.2, 0) is 0 Å². The quantitative estimate of drug-likeness (QED) is 0.562. The van der Waals surface area contributed by atoms with E-state index in [-0.39, 0.29) is 5.91 Å². The summed E-state index contributed by atoms with van der Waals surface area (Å²) in [7, 11) is 0. The number of aromatic nitrogens is 1. The van der Waals surface area contributed by atoms with Crippen LogP contribution in [-0.4, -0.2) is 16.7 Å². The Bertz CT molecular complexity index is 891. The molecule has 0 aliphatic carbocycles. The maximum atomic E-state index is 11.9. The van der Waals surface area contributed by atoms with Crippen LogP contribution in [0.4, 0.5) is 0 Å². The molecule has 0 bridgehead atoms. The van der Waals surface area contributed by atoms with Crippen molar-refractivity contribution >= 4 is 23.5 Å². The van der Waals surface area contributed by atoms with Crippen molar-refractivity contribution in [2.24, 2.45) is 5.10 Å². The Morgan fingerprint density at radius 1 is 1.17 bits per heavy atom. The van der Waals surface area contributed by atoms with E-state index in [4.69, 9.17) is 0 Å². The Kier molecular flexibility index (Phi) is 4.62. The molecule has 1 aromatic carbocycles. The number of hydrazone groups is 1. The highest BCUT2D eigenvalue weighted by molar-refractivity contribution is 7.12. The van der Waals surface area contributed by atoms with E-state index in [1.807, 2.05) is 11.4 Å². The van der Waals surface area contributed by atoms with Gasteiger partial charge in [0.25, 0.3) is 5.91 Å². The van der Waals surface area contributed by atoms with Gasteiger partial charge < -0.3 is 4.57 Å². The molecule has 3 rings (SSSR count). The second kappa shape index (κ2) is 6.84. The highest BCUT2D eigenvalue weighted by Gasteiger charge is 2.10. The van der Waals surface area contributed by atoms with Crippen molar-refractivity contribution in [3.63, 3.8) is 0 Å². The standard InChI is InChI=1S/C19H19N3OS/c1-13-6-4-7-17(10-13)22-14(2)11-16(15(22)3)12-20-21-19(23)18-8-5-9-24-18/h4-12H,1-3H3,(H,21,23)/b20-12+. The van der Waals surface area contributed by atoms with Gasteiger partial charge in [-0.1, -0.05) is 18.2 Å². The first-order valence-corrected chi connectivity index (χ1v) is 8.57. The van der Waals surface area contributed by atoms with Crippen LogP contribution in [0.1, 0.15) is 32.2 Å². The van der Waals surface area contributed by atoms with Crippen LogP contribution in [0, 0.1) is 20.8 Å². The van der Waals surface area contributed by atoms with E-state index < -0.39 is 0 Å². The fourth-order valence-corrected chi connectivity index (χ4v) is 3.32. The molecule has 0 aliphatic heterocycles. The van der Waals surface area contributed by atoms with Crippen molar-refractivity contribution in [3.8, 4) is 5.69 Å². The molecule has 4 nitrogen and oxygen atoms in total. The molecule has 2 heterocycles. The van der Waals surface area contributed by atoms with Crippen LogP contribution in [0.3, 0.4) is 0 Å². The minimum absolute atomic E-state index is 0.186. The number of carbonyl (C=O) groups excluding carboxylic acids is 1. The summed E-state index contributed by atoms with van der Waals surface area (Å²) >= 11 is 1.40. The molecule has 5 heteroatoms. The van der Waals surface area contributed by atoms with E-state index in [0.29, 0.717) is 4.88 Å². The Labute approximate surface area is 145 Å². The van der Waals surface area contributed by atoms with Crippen LogP contribution in [0.15, 0.2) is 52.9 Å². The van der Waals surface area contributed by atoms with Crippen molar-refractivity contribution in [1.82, 2.24) is 9.99 Å². The lowest BCUT2D eigenvalue weighted by Crippen LogP contribution is -2.16. The molecule has 0 unspecified atom stereocenters. The minimum Gasteiger partial charge on any atom is -0.318 e. The van der Waals surface area contributed by atoms with E-state index in [2.05, 4.69) is 66.2 Å². The molecule has 0 radical (unpaired) electrons. The zero-order valence-corrected chi connectivity index (χ0v) is 14.7. The van der Waals surface area contributed by atoms with Gasteiger partial charge in [-0.2, -0.15) is 5.10 Å². The normalized spacial score (nSPS) is 11.1. The molecule has 0 saturated carbocycles. The SMILES string of the molecule is Cc1cccc(-n2c(C)cc(/C=N/NC(=O)c3cccs3)c2C)c1. The van der Waals surface area contributed by atoms with Gasteiger partial charge in [0.1, 0.15) is 0 Å². The number of carbonyl (C=O) groups is 1. The molecule has 0 spiro atoms. The Hall–Kier alpha value is -2.66. The summed E-state index contributed by atoms with van der Waals surface area (Å²) in [4.78, 5) is 12.5. The third kappa shape index (κ3) is 3.31. The number of hydrogen-bond acceptors (Lipinski definition) is 3. The number of hydrogen-bond donors (Lipinski definition) is 1. The van der Waals surface area contributed by atoms with E-state index >= 15 is 0 Å². The monoisotopic (exact) mass is 337 g/mol. The molecule has 1 N–H and O–H groups in total. The fourth-order valence-electron chi connectivity index (χ4n) is 2.71. The van der Waals surface area contributed by atoms with Gasteiger partial charge in [-0.15, -0.1) is 11.3 Å². The average molecular weight is 337 g/mol. The predicted octanol–water partition coefficient (Wildman–Crippen LogP) is 4.23. The first kappa shape index (κ1) is 16.2. The van der Waals surface area contributed by atoms with E-state index in [1.54, 1.807) is 12.3 Å². The Morgan fingerprint density at radius 2 is 2.00 bits per heavy atom. The molecule has 0 saturated heterocycles. The summed E-state index contributed by atoms with van der Waals surface area (Å²) in [5, 5.41) is 5.96. The zero-order valence-electron chi connectivity index (χ0n) is 13.9. The lowest BCUT2D eigenvalue weighted by atomic mass is 10.2. The fraction of sp³-hybridized carbons (Fsp3) is 0.158. The summed E-state index contributed by atoms with van der Waals surface area (Å²) in [6.07, 6.45) is 1.69. The number of thiophene rings is 1. The van der Waals surface area contributed by atoms with Crippen LogP contribution < -0.4 is 5.43 Å². The maximum Gasteiger partial charge on any atom is 0.281 e. The molecule has 1 amide bonds. The van der Waals surface area contributed by atoms with Gasteiger partial charge in [0.05, 0.1) is 11.1 Å². The van der Waals surface area contributed by atoms with Crippen LogP contribution >= 0.6 is 11.3 Å². The zero-order chi connectivity index (χ0) is 17.1. The van der Waals surface area contributed by atoms with Crippen molar-refractivity contribution in [2.45, 2.75) is 20.8 Å². The number of rotatable bonds is 4.